The summed E-state index contributed by atoms with van der Waals surface area (Å²) >= 11 is 0. The molecule has 1 aliphatic carbocycles. The SMILES string of the molecule is CCC(CC)N(CC(C)C)C1CCCC(C#N)(NC)C1. The monoisotopic (exact) mass is 279 g/mol. The Kier molecular flexibility index (Phi) is 6.99. The second-order valence-electron chi connectivity index (χ2n) is 6.76. The molecule has 2 atom stereocenters. The Balaban J connectivity index is 2.87. The van der Waals surface area contributed by atoms with Crippen molar-refractivity contribution < 1.29 is 0 Å². The zero-order valence-corrected chi connectivity index (χ0v) is 14.1. The van der Waals surface area contributed by atoms with Crippen LogP contribution < -0.4 is 5.32 Å². The van der Waals surface area contributed by atoms with Gasteiger partial charge in [-0.05, 0) is 51.5 Å². The lowest BCUT2D eigenvalue weighted by atomic mass is 9.78. The van der Waals surface area contributed by atoms with E-state index in [0.29, 0.717) is 18.0 Å². The standard InChI is InChI=1S/C17H33N3/c1-6-15(7-2)20(12-14(3)4)16-9-8-10-17(11-16,13-18)19-5/h14-16,19H,6-12H2,1-5H3. The van der Waals surface area contributed by atoms with Crippen LogP contribution in [0.25, 0.3) is 0 Å². The summed E-state index contributed by atoms with van der Waals surface area (Å²) in [5, 5.41) is 12.8. The van der Waals surface area contributed by atoms with E-state index in [4.69, 9.17) is 0 Å². The minimum Gasteiger partial charge on any atom is -0.302 e. The fraction of sp³-hybridized carbons (Fsp3) is 0.941. The second kappa shape index (κ2) is 8.00. The Morgan fingerprint density at radius 1 is 1.35 bits per heavy atom. The second-order valence-corrected chi connectivity index (χ2v) is 6.76. The average Bonchev–Trinajstić information content (AvgIpc) is 2.47. The lowest BCUT2D eigenvalue weighted by Gasteiger charge is -2.45. The molecule has 116 valence electrons. The van der Waals surface area contributed by atoms with E-state index in [-0.39, 0.29) is 5.54 Å². The molecule has 2 unspecified atom stereocenters. The van der Waals surface area contributed by atoms with E-state index < -0.39 is 0 Å². The molecule has 1 fully saturated rings. The molecule has 0 spiro atoms. The number of rotatable bonds is 7. The molecule has 0 radical (unpaired) electrons. The first kappa shape index (κ1) is 17.5. The molecule has 0 heterocycles. The Bertz CT molecular complexity index is 317. The topological polar surface area (TPSA) is 39.1 Å². The van der Waals surface area contributed by atoms with Crippen LogP contribution in [0.2, 0.25) is 0 Å². The maximum atomic E-state index is 9.54. The van der Waals surface area contributed by atoms with Crippen molar-refractivity contribution >= 4 is 0 Å². The van der Waals surface area contributed by atoms with Crippen LogP contribution in [0, 0.1) is 17.2 Å². The van der Waals surface area contributed by atoms with Crippen LogP contribution in [-0.2, 0) is 0 Å². The fourth-order valence-electron chi connectivity index (χ4n) is 3.69. The summed E-state index contributed by atoms with van der Waals surface area (Å²) in [6.45, 7) is 10.3. The highest BCUT2D eigenvalue weighted by Crippen LogP contribution is 2.33. The largest absolute Gasteiger partial charge is 0.302 e. The maximum absolute atomic E-state index is 9.54. The van der Waals surface area contributed by atoms with Gasteiger partial charge < -0.3 is 5.32 Å². The highest BCUT2D eigenvalue weighted by atomic mass is 15.2. The molecule has 0 saturated heterocycles. The fourth-order valence-corrected chi connectivity index (χ4v) is 3.69. The van der Waals surface area contributed by atoms with Crippen LogP contribution in [0.1, 0.15) is 66.2 Å². The van der Waals surface area contributed by atoms with Crippen LogP contribution in [0.15, 0.2) is 0 Å². The first-order chi connectivity index (χ1) is 9.51. The van der Waals surface area contributed by atoms with E-state index in [9.17, 15) is 5.26 Å². The average molecular weight is 279 g/mol. The molecular weight excluding hydrogens is 246 g/mol. The summed E-state index contributed by atoms with van der Waals surface area (Å²) in [4.78, 5) is 2.70. The van der Waals surface area contributed by atoms with E-state index in [1.54, 1.807) is 0 Å². The van der Waals surface area contributed by atoms with E-state index in [1.165, 1.54) is 19.3 Å². The van der Waals surface area contributed by atoms with Gasteiger partial charge in [0.05, 0.1) is 6.07 Å². The molecule has 3 heteroatoms. The minimum atomic E-state index is -0.301. The highest BCUT2D eigenvalue weighted by Gasteiger charge is 2.38. The minimum absolute atomic E-state index is 0.301. The number of nitriles is 1. The van der Waals surface area contributed by atoms with E-state index >= 15 is 0 Å². The van der Waals surface area contributed by atoms with Gasteiger partial charge >= 0.3 is 0 Å². The summed E-state index contributed by atoms with van der Waals surface area (Å²) in [5.41, 5.74) is -0.301. The predicted molar refractivity (Wildman–Crippen MR) is 85.6 cm³/mol. The Morgan fingerprint density at radius 2 is 2.00 bits per heavy atom. The van der Waals surface area contributed by atoms with Gasteiger partial charge in [-0.25, -0.2) is 0 Å². The van der Waals surface area contributed by atoms with Gasteiger partial charge in [0.25, 0.3) is 0 Å². The molecule has 1 N–H and O–H groups in total. The summed E-state index contributed by atoms with van der Waals surface area (Å²) in [6, 6.07) is 3.76. The number of hydrogen-bond donors (Lipinski definition) is 1. The van der Waals surface area contributed by atoms with E-state index in [1.807, 2.05) is 7.05 Å². The Morgan fingerprint density at radius 3 is 2.45 bits per heavy atom. The maximum Gasteiger partial charge on any atom is 0.108 e. The summed E-state index contributed by atoms with van der Waals surface area (Å²) in [5.74, 6) is 0.684. The molecule has 20 heavy (non-hydrogen) atoms. The molecule has 1 rings (SSSR count). The zero-order chi connectivity index (χ0) is 15.2. The molecule has 0 aliphatic heterocycles. The number of nitrogens with one attached hydrogen (secondary N) is 1. The van der Waals surface area contributed by atoms with Gasteiger partial charge in [0.1, 0.15) is 5.54 Å². The first-order valence-electron chi connectivity index (χ1n) is 8.37. The van der Waals surface area contributed by atoms with Crippen LogP contribution in [0.5, 0.6) is 0 Å². The third-order valence-corrected chi connectivity index (χ3v) is 4.87. The van der Waals surface area contributed by atoms with Gasteiger partial charge in [-0.3, -0.25) is 4.90 Å². The van der Waals surface area contributed by atoms with Crippen molar-refractivity contribution in [3.63, 3.8) is 0 Å². The smallest absolute Gasteiger partial charge is 0.108 e. The summed E-state index contributed by atoms with van der Waals surface area (Å²) < 4.78 is 0. The van der Waals surface area contributed by atoms with Gasteiger partial charge in [-0.1, -0.05) is 27.7 Å². The molecule has 0 aromatic heterocycles. The normalized spacial score (nSPS) is 27.2. The van der Waals surface area contributed by atoms with E-state index in [2.05, 4.69) is 44.0 Å². The molecular formula is C17H33N3. The van der Waals surface area contributed by atoms with Crippen LogP contribution in [-0.4, -0.2) is 36.1 Å². The van der Waals surface area contributed by atoms with E-state index in [0.717, 1.165) is 25.8 Å². The lowest BCUT2D eigenvalue weighted by molar-refractivity contribution is 0.0653. The summed E-state index contributed by atoms with van der Waals surface area (Å²) in [6.07, 6.45) is 6.79. The zero-order valence-electron chi connectivity index (χ0n) is 14.1. The van der Waals surface area contributed by atoms with Gasteiger partial charge in [0.15, 0.2) is 0 Å². The quantitative estimate of drug-likeness (QED) is 0.774. The van der Waals surface area contributed by atoms with Crippen molar-refractivity contribution in [3.8, 4) is 6.07 Å². The molecule has 0 amide bonds. The lowest BCUT2D eigenvalue weighted by Crippen LogP contribution is -2.54. The van der Waals surface area contributed by atoms with Crippen molar-refractivity contribution in [2.45, 2.75) is 83.8 Å². The third-order valence-electron chi connectivity index (χ3n) is 4.87. The highest BCUT2D eigenvalue weighted by molar-refractivity contribution is 5.10. The predicted octanol–water partition coefficient (Wildman–Crippen LogP) is 3.56. The third kappa shape index (κ3) is 4.20. The molecule has 3 nitrogen and oxygen atoms in total. The molecule has 1 aliphatic rings. The molecule has 1 saturated carbocycles. The molecule has 0 aromatic carbocycles. The van der Waals surface area contributed by atoms with Crippen molar-refractivity contribution in [1.29, 1.82) is 5.26 Å². The van der Waals surface area contributed by atoms with Crippen LogP contribution >= 0.6 is 0 Å². The van der Waals surface area contributed by atoms with Gasteiger partial charge in [-0.15, -0.1) is 0 Å². The van der Waals surface area contributed by atoms with Crippen molar-refractivity contribution in [3.05, 3.63) is 0 Å². The van der Waals surface area contributed by atoms with Gasteiger partial charge in [0, 0.05) is 18.6 Å². The van der Waals surface area contributed by atoms with Crippen molar-refractivity contribution in [2.75, 3.05) is 13.6 Å². The van der Waals surface area contributed by atoms with Gasteiger partial charge in [-0.2, -0.15) is 5.26 Å². The first-order valence-corrected chi connectivity index (χ1v) is 8.37. The van der Waals surface area contributed by atoms with Crippen LogP contribution in [0.3, 0.4) is 0 Å². The number of nitrogens with zero attached hydrogens (tertiary/aromatic N) is 2. The Hall–Kier alpha value is -0.590. The summed E-state index contributed by atoms with van der Waals surface area (Å²) in [7, 11) is 1.94. The van der Waals surface area contributed by atoms with Crippen molar-refractivity contribution in [2.24, 2.45) is 5.92 Å². The van der Waals surface area contributed by atoms with Crippen molar-refractivity contribution in [1.82, 2.24) is 10.2 Å². The Labute approximate surface area is 125 Å². The molecule has 0 aromatic rings. The van der Waals surface area contributed by atoms with Crippen LogP contribution in [0.4, 0.5) is 0 Å². The van der Waals surface area contributed by atoms with Gasteiger partial charge in [0.2, 0.25) is 0 Å². The molecule has 0 bridgehead atoms. The number of hydrogen-bond acceptors (Lipinski definition) is 3.